The number of hydrogen-bond acceptors (Lipinski definition) is 4. The topological polar surface area (TPSA) is 46.6 Å². The SMILES string of the molecule is O=S(=O)(c1ccc(OC(F)(F)F)cc1)N1CCSC(c2cc(F)ccc2F)CC1. The number of thioether (sulfide) groups is 1. The first-order valence-electron chi connectivity index (χ1n) is 8.49. The zero-order valence-electron chi connectivity index (χ0n) is 14.8. The number of ether oxygens (including phenoxy) is 1. The molecule has 1 aliphatic heterocycles. The highest BCUT2D eigenvalue weighted by Crippen LogP contribution is 2.37. The van der Waals surface area contributed by atoms with Crippen molar-refractivity contribution in [3.63, 3.8) is 0 Å². The predicted molar refractivity (Wildman–Crippen MR) is 98.1 cm³/mol. The minimum absolute atomic E-state index is 0.0662. The smallest absolute Gasteiger partial charge is 0.406 e. The van der Waals surface area contributed by atoms with Gasteiger partial charge in [-0.25, -0.2) is 17.2 Å². The first-order valence-corrected chi connectivity index (χ1v) is 11.0. The molecule has 3 rings (SSSR count). The highest BCUT2D eigenvalue weighted by atomic mass is 32.2. The molecule has 1 unspecified atom stereocenters. The number of rotatable bonds is 4. The van der Waals surface area contributed by atoms with Crippen LogP contribution in [0.25, 0.3) is 0 Å². The van der Waals surface area contributed by atoms with Gasteiger partial charge >= 0.3 is 6.36 Å². The molecule has 0 aliphatic carbocycles. The summed E-state index contributed by atoms with van der Waals surface area (Å²) < 4.78 is 94.8. The lowest BCUT2D eigenvalue weighted by molar-refractivity contribution is -0.274. The second kappa shape index (κ2) is 8.49. The molecule has 0 bridgehead atoms. The molecule has 158 valence electrons. The second-order valence-electron chi connectivity index (χ2n) is 6.24. The van der Waals surface area contributed by atoms with Gasteiger partial charge in [0.05, 0.1) is 4.90 Å². The van der Waals surface area contributed by atoms with Crippen molar-refractivity contribution in [3.8, 4) is 5.75 Å². The Balaban J connectivity index is 1.74. The van der Waals surface area contributed by atoms with Gasteiger partial charge in [0.2, 0.25) is 10.0 Å². The van der Waals surface area contributed by atoms with E-state index < -0.39 is 39.0 Å². The minimum Gasteiger partial charge on any atom is -0.406 e. The summed E-state index contributed by atoms with van der Waals surface area (Å²) in [6, 6.07) is 7.10. The average Bonchev–Trinajstić information content (AvgIpc) is 2.89. The quantitative estimate of drug-likeness (QED) is 0.628. The van der Waals surface area contributed by atoms with Crippen molar-refractivity contribution in [1.82, 2.24) is 4.31 Å². The maximum Gasteiger partial charge on any atom is 0.573 e. The summed E-state index contributed by atoms with van der Waals surface area (Å²) in [4.78, 5) is -0.174. The number of benzene rings is 2. The number of alkyl halides is 3. The lowest BCUT2D eigenvalue weighted by Gasteiger charge is -2.20. The molecule has 0 amide bonds. The summed E-state index contributed by atoms with van der Waals surface area (Å²) in [5, 5.41) is -0.409. The van der Waals surface area contributed by atoms with Crippen LogP contribution in [0.4, 0.5) is 22.0 Å². The highest BCUT2D eigenvalue weighted by Gasteiger charge is 2.32. The van der Waals surface area contributed by atoms with E-state index in [2.05, 4.69) is 4.74 Å². The van der Waals surface area contributed by atoms with Crippen LogP contribution >= 0.6 is 11.8 Å². The van der Waals surface area contributed by atoms with Crippen LogP contribution in [0.1, 0.15) is 17.2 Å². The molecule has 1 atom stereocenters. The van der Waals surface area contributed by atoms with E-state index in [1.165, 1.54) is 16.1 Å². The van der Waals surface area contributed by atoms with Gasteiger partial charge in [0.15, 0.2) is 0 Å². The zero-order valence-corrected chi connectivity index (χ0v) is 16.5. The second-order valence-corrected chi connectivity index (χ2v) is 9.49. The van der Waals surface area contributed by atoms with Gasteiger partial charge in [0, 0.05) is 29.7 Å². The van der Waals surface area contributed by atoms with E-state index in [1.54, 1.807) is 0 Å². The summed E-state index contributed by atoms with van der Waals surface area (Å²) in [7, 11) is -3.95. The van der Waals surface area contributed by atoms with E-state index >= 15 is 0 Å². The van der Waals surface area contributed by atoms with E-state index in [4.69, 9.17) is 0 Å². The van der Waals surface area contributed by atoms with Crippen molar-refractivity contribution in [2.45, 2.75) is 22.9 Å². The molecule has 2 aromatic rings. The third kappa shape index (κ3) is 5.40. The summed E-state index contributed by atoms with van der Waals surface area (Å²) in [6.07, 6.45) is -4.61. The maximum absolute atomic E-state index is 14.0. The van der Waals surface area contributed by atoms with Gasteiger partial charge in [-0.1, -0.05) is 0 Å². The molecule has 0 spiro atoms. The van der Waals surface area contributed by atoms with Crippen LogP contribution in [-0.4, -0.2) is 37.9 Å². The fourth-order valence-corrected chi connectivity index (χ4v) is 5.78. The van der Waals surface area contributed by atoms with Gasteiger partial charge in [-0.2, -0.15) is 16.1 Å². The number of hydrogen-bond donors (Lipinski definition) is 0. The third-order valence-electron chi connectivity index (χ3n) is 4.30. The van der Waals surface area contributed by atoms with Crippen molar-refractivity contribution < 1.29 is 35.1 Å². The van der Waals surface area contributed by atoms with E-state index in [-0.39, 0.29) is 30.0 Å². The van der Waals surface area contributed by atoms with Gasteiger partial charge < -0.3 is 4.74 Å². The molecule has 4 nitrogen and oxygen atoms in total. The minimum atomic E-state index is -4.87. The Kier molecular flexibility index (Phi) is 6.39. The van der Waals surface area contributed by atoms with Crippen molar-refractivity contribution in [3.05, 3.63) is 59.7 Å². The van der Waals surface area contributed by atoms with E-state index in [1.807, 2.05) is 0 Å². The lowest BCUT2D eigenvalue weighted by atomic mass is 10.1. The molecular formula is C18H16F5NO3S2. The first kappa shape index (κ1) is 21.8. The van der Waals surface area contributed by atoms with E-state index in [0.717, 1.165) is 42.5 Å². The van der Waals surface area contributed by atoms with Crippen molar-refractivity contribution in [2.24, 2.45) is 0 Å². The largest absolute Gasteiger partial charge is 0.573 e. The molecule has 1 fully saturated rings. The van der Waals surface area contributed by atoms with E-state index in [9.17, 15) is 30.4 Å². The molecule has 11 heteroatoms. The van der Waals surface area contributed by atoms with Gasteiger partial charge in [-0.15, -0.1) is 13.2 Å². The predicted octanol–water partition coefficient (Wildman–Crippen LogP) is 4.73. The third-order valence-corrected chi connectivity index (χ3v) is 7.52. The maximum atomic E-state index is 14.0. The van der Waals surface area contributed by atoms with Gasteiger partial charge in [-0.3, -0.25) is 0 Å². The van der Waals surface area contributed by atoms with E-state index in [0.29, 0.717) is 5.75 Å². The van der Waals surface area contributed by atoms with Gasteiger partial charge in [0.1, 0.15) is 17.4 Å². The Morgan fingerprint density at radius 1 is 1.03 bits per heavy atom. The highest BCUT2D eigenvalue weighted by molar-refractivity contribution is 7.99. The first-order chi connectivity index (χ1) is 13.6. The Hall–Kier alpha value is -1.85. The molecule has 0 N–H and O–H groups in total. The van der Waals surface area contributed by atoms with Crippen LogP contribution in [0.5, 0.6) is 5.75 Å². The molecular weight excluding hydrogens is 437 g/mol. The zero-order chi connectivity index (χ0) is 21.2. The summed E-state index contributed by atoms with van der Waals surface area (Å²) in [6.45, 7) is 0.206. The van der Waals surface area contributed by atoms with Crippen LogP contribution in [0.15, 0.2) is 47.4 Å². The van der Waals surface area contributed by atoms with Gasteiger partial charge in [0.25, 0.3) is 0 Å². The van der Waals surface area contributed by atoms with Crippen molar-refractivity contribution in [1.29, 1.82) is 0 Å². The summed E-state index contributed by atoms with van der Waals surface area (Å²) >= 11 is 1.33. The monoisotopic (exact) mass is 453 g/mol. The van der Waals surface area contributed by atoms with Gasteiger partial charge in [-0.05, 0) is 48.9 Å². The Morgan fingerprint density at radius 2 is 1.72 bits per heavy atom. The van der Waals surface area contributed by atoms with Crippen molar-refractivity contribution in [2.75, 3.05) is 18.8 Å². The fraction of sp³-hybridized carbons (Fsp3) is 0.333. The Morgan fingerprint density at radius 3 is 2.38 bits per heavy atom. The van der Waals surface area contributed by atoms with Crippen LogP contribution in [0.2, 0.25) is 0 Å². The molecule has 0 saturated carbocycles. The molecule has 1 aliphatic rings. The van der Waals surface area contributed by atoms with Crippen LogP contribution in [-0.2, 0) is 10.0 Å². The summed E-state index contributed by atoms with van der Waals surface area (Å²) in [5.74, 6) is -1.29. The molecule has 2 aromatic carbocycles. The number of sulfonamides is 1. The Bertz CT molecular complexity index is 964. The van der Waals surface area contributed by atoms with Crippen LogP contribution in [0.3, 0.4) is 0 Å². The number of halogens is 5. The average molecular weight is 453 g/mol. The molecule has 1 heterocycles. The number of nitrogens with zero attached hydrogens (tertiary/aromatic N) is 1. The summed E-state index contributed by atoms with van der Waals surface area (Å²) in [5.41, 5.74) is 0.183. The van der Waals surface area contributed by atoms with Crippen molar-refractivity contribution >= 4 is 21.8 Å². The molecule has 29 heavy (non-hydrogen) atoms. The molecule has 1 saturated heterocycles. The lowest BCUT2D eigenvalue weighted by Crippen LogP contribution is -2.33. The molecule has 0 aromatic heterocycles. The molecule has 0 radical (unpaired) electrons. The van der Waals surface area contributed by atoms with Crippen LogP contribution in [0, 0.1) is 11.6 Å². The standard InChI is InChI=1S/C18H16F5NO3S2/c19-12-1-6-16(20)15(11-12)17-7-8-24(9-10-28-17)29(25,26)14-4-2-13(3-5-14)27-18(21,22)23/h1-6,11,17H,7-10H2. The Labute approximate surface area is 168 Å². The fourth-order valence-electron chi connectivity index (χ4n) is 2.96. The normalized spacial score (nSPS) is 19.0. The van der Waals surface area contributed by atoms with Crippen LogP contribution < -0.4 is 4.74 Å².